The second-order valence-electron chi connectivity index (χ2n) is 5.78. The molecule has 9 heteroatoms. The van der Waals surface area contributed by atoms with Crippen molar-refractivity contribution in [1.29, 1.82) is 0 Å². The molecule has 0 saturated heterocycles. The Kier molecular flexibility index (Phi) is 4.93. The molecule has 0 unspecified atom stereocenters. The number of ether oxygens (including phenoxy) is 1. The molecule has 0 atom stereocenters. The highest BCUT2D eigenvalue weighted by atomic mass is 32.1. The van der Waals surface area contributed by atoms with Crippen molar-refractivity contribution >= 4 is 28.3 Å². The van der Waals surface area contributed by atoms with Crippen LogP contribution in [-0.4, -0.2) is 33.8 Å². The molecule has 0 fully saturated rings. The highest BCUT2D eigenvalue weighted by molar-refractivity contribution is 7.16. The van der Waals surface area contributed by atoms with Crippen molar-refractivity contribution in [2.24, 2.45) is 0 Å². The largest absolute Gasteiger partial charge is 0.464 e. The lowest BCUT2D eigenvalue weighted by Crippen LogP contribution is -2.31. The van der Waals surface area contributed by atoms with E-state index in [0.717, 1.165) is 36.9 Å². The van der Waals surface area contributed by atoms with E-state index < -0.39 is 11.9 Å². The number of esters is 1. The maximum absolute atomic E-state index is 12.2. The second-order valence-corrected chi connectivity index (χ2v) is 6.99. The lowest BCUT2D eigenvalue weighted by molar-refractivity contribution is -0.117. The molecule has 0 saturated carbocycles. The Morgan fingerprint density at radius 2 is 2.12 bits per heavy atom. The molecular weight excluding hydrogens is 344 g/mol. The zero-order valence-electron chi connectivity index (χ0n) is 14.0. The number of hydrogen-bond acceptors (Lipinski definition) is 7. The molecule has 0 spiro atoms. The highest BCUT2D eigenvalue weighted by Gasteiger charge is 2.18. The number of anilines is 1. The van der Waals surface area contributed by atoms with Gasteiger partial charge in [0.15, 0.2) is 10.8 Å². The fourth-order valence-corrected chi connectivity index (χ4v) is 3.56. The molecule has 2 heterocycles. The number of carbonyl (C=O) groups excluding carboxylic acids is 2. The molecule has 1 aliphatic carbocycles. The molecule has 0 radical (unpaired) electrons. The number of amides is 1. The molecular formula is C16H18N4O4S. The highest BCUT2D eigenvalue weighted by Crippen LogP contribution is 2.22. The van der Waals surface area contributed by atoms with Gasteiger partial charge in [-0.1, -0.05) is 0 Å². The van der Waals surface area contributed by atoms with Gasteiger partial charge >= 0.3 is 5.97 Å². The first kappa shape index (κ1) is 17.3. The summed E-state index contributed by atoms with van der Waals surface area (Å²) in [7, 11) is 1.27. The first-order valence-electron chi connectivity index (χ1n) is 7.93. The number of hydrogen-bond donors (Lipinski definition) is 1. The lowest BCUT2D eigenvalue weighted by Gasteiger charge is -2.15. The summed E-state index contributed by atoms with van der Waals surface area (Å²) in [5.41, 5.74) is 1.75. The van der Waals surface area contributed by atoms with Crippen molar-refractivity contribution < 1.29 is 14.3 Å². The summed E-state index contributed by atoms with van der Waals surface area (Å²) in [6.07, 6.45) is 3.79. The minimum Gasteiger partial charge on any atom is -0.464 e. The molecule has 2 aromatic heterocycles. The Balaban J connectivity index is 1.73. The molecule has 0 bridgehead atoms. The Hall–Kier alpha value is -2.55. The van der Waals surface area contributed by atoms with Crippen LogP contribution < -0.4 is 10.9 Å². The second kappa shape index (κ2) is 7.14. The van der Waals surface area contributed by atoms with Crippen molar-refractivity contribution in [3.63, 3.8) is 0 Å². The van der Waals surface area contributed by atoms with Crippen molar-refractivity contribution in [3.05, 3.63) is 38.2 Å². The molecule has 1 N–H and O–H groups in total. The molecule has 1 amide bonds. The summed E-state index contributed by atoms with van der Waals surface area (Å²) in [5.74, 6) is -0.975. The van der Waals surface area contributed by atoms with E-state index in [9.17, 15) is 14.4 Å². The van der Waals surface area contributed by atoms with Crippen LogP contribution in [0, 0.1) is 6.92 Å². The molecule has 8 nitrogen and oxygen atoms in total. The lowest BCUT2D eigenvalue weighted by atomic mass is 9.97. The maximum atomic E-state index is 12.2. The Morgan fingerprint density at radius 3 is 2.88 bits per heavy atom. The van der Waals surface area contributed by atoms with Gasteiger partial charge in [-0.2, -0.15) is 5.10 Å². The van der Waals surface area contributed by atoms with Crippen molar-refractivity contribution in [2.75, 3.05) is 12.4 Å². The number of nitrogens with one attached hydrogen (secondary N) is 1. The van der Waals surface area contributed by atoms with E-state index in [1.54, 1.807) is 13.0 Å². The van der Waals surface area contributed by atoms with Crippen LogP contribution in [0.15, 0.2) is 10.9 Å². The predicted molar refractivity (Wildman–Crippen MR) is 92.0 cm³/mol. The Bertz CT molecular complexity index is 887. The fourth-order valence-electron chi connectivity index (χ4n) is 2.75. The number of aryl methyl sites for hydroxylation is 3. The molecule has 25 heavy (non-hydrogen) atoms. The number of nitrogens with zero attached hydrogens (tertiary/aromatic N) is 3. The fraction of sp³-hybridized carbons (Fsp3) is 0.438. The van der Waals surface area contributed by atoms with E-state index in [2.05, 4.69) is 20.1 Å². The van der Waals surface area contributed by atoms with E-state index in [0.29, 0.717) is 4.88 Å². The van der Waals surface area contributed by atoms with Crippen molar-refractivity contribution in [1.82, 2.24) is 14.8 Å². The predicted octanol–water partition coefficient (Wildman–Crippen LogP) is 1.31. The van der Waals surface area contributed by atoms with E-state index in [-0.39, 0.29) is 22.9 Å². The van der Waals surface area contributed by atoms with Gasteiger partial charge in [0.1, 0.15) is 6.54 Å². The molecule has 0 aliphatic heterocycles. The molecule has 132 valence electrons. The van der Waals surface area contributed by atoms with Crippen LogP contribution in [0.5, 0.6) is 0 Å². The van der Waals surface area contributed by atoms with Crippen LogP contribution in [-0.2, 0) is 28.9 Å². The minimum atomic E-state index is -0.554. The number of aromatic nitrogens is 3. The van der Waals surface area contributed by atoms with Gasteiger partial charge in [-0.05, 0) is 38.2 Å². The van der Waals surface area contributed by atoms with Gasteiger partial charge in [-0.15, -0.1) is 11.3 Å². The average Bonchev–Trinajstić information content (AvgIpc) is 2.95. The summed E-state index contributed by atoms with van der Waals surface area (Å²) in [5, 5.41) is 7.20. The number of methoxy groups -OCH3 is 1. The van der Waals surface area contributed by atoms with Crippen LogP contribution in [0.4, 0.5) is 5.13 Å². The maximum Gasteiger partial charge on any atom is 0.357 e. The minimum absolute atomic E-state index is 0.173. The van der Waals surface area contributed by atoms with Gasteiger partial charge in [0, 0.05) is 10.9 Å². The number of rotatable bonds is 4. The van der Waals surface area contributed by atoms with Gasteiger partial charge in [-0.3, -0.25) is 9.59 Å². The van der Waals surface area contributed by atoms with Gasteiger partial charge < -0.3 is 10.1 Å². The summed E-state index contributed by atoms with van der Waals surface area (Å²) in [6, 6.07) is 1.57. The first-order chi connectivity index (χ1) is 12.0. The standard InChI is InChI=1S/C16H18N4O4S/c1-9-14(15(23)24-2)18-16(25-9)17-12(21)8-20-13(22)7-10-5-3-4-6-11(10)19-20/h7H,3-6,8H2,1-2H3,(H,17,18,21). The third-order valence-corrected chi connectivity index (χ3v) is 4.88. The SMILES string of the molecule is COC(=O)c1nc(NC(=O)Cn2nc3c(cc2=O)CCCC3)sc1C. The van der Waals surface area contributed by atoms with Crippen LogP contribution in [0.2, 0.25) is 0 Å². The van der Waals surface area contributed by atoms with E-state index in [4.69, 9.17) is 0 Å². The number of fused-ring (bicyclic) bond motifs is 1. The molecule has 2 aromatic rings. The Morgan fingerprint density at radius 1 is 1.36 bits per heavy atom. The van der Waals surface area contributed by atoms with Crippen molar-refractivity contribution in [3.8, 4) is 0 Å². The monoisotopic (exact) mass is 362 g/mol. The van der Waals surface area contributed by atoms with Crippen LogP contribution in [0.1, 0.15) is 39.5 Å². The third kappa shape index (κ3) is 3.76. The van der Waals surface area contributed by atoms with Crippen LogP contribution in [0.3, 0.4) is 0 Å². The normalized spacial score (nSPS) is 13.2. The summed E-state index contributed by atoms with van der Waals surface area (Å²) < 4.78 is 5.80. The zero-order valence-corrected chi connectivity index (χ0v) is 14.8. The zero-order chi connectivity index (χ0) is 18.0. The van der Waals surface area contributed by atoms with Gasteiger partial charge in [0.25, 0.3) is 5.56 Å². The summed E-state index contributed by atoms with van der Waals surface area (Å²) >= 11 is 1.17. The third-order valence-electron chi connectivity index (χ3n) is 3.99. The molecule has 3 rings (SSSR count). The topological polar surface area (TPSA) is 103 Å². The van der Waals surface area contributed by atoms with Gasteiger partial charge in [0.05, 0.1) is 12.8 Å². The summed E-state index contributed by atoms with van der Waals surface area (Å²) in [4.78, 5) is 40.6. The van der Waals surface area contributed by atoms with Crippen LogP contribution >= 0.6 is 11.3 Å². The summed E-state index contributed by atoms with van der Waals surface area (Å²) in [6.45, 7) is 1.52. The van der Waals surface area contributed by atoms with E-state index in [1.807, 2.05) is 0 Å². The smallest absolute Gasteiger partial charge is 0.357 e. The van der Waals surface area contributed by atoms with E-state index >= 15 is 0 Å². The number of thiazole rings is 1. The quantitative estimate of drug-likeness (QED) is 0.823. The van der Waals surface area contributed by atoms with Gasteiger partial charge in [0.2, 0.25) is 5.91 Å². The van der Waals surface area contributed by atoms with Crippen molar-refractivity contribution in [2.45, 2.75) is 39.2 Å². The average molecular weight is 362 g/mol. The van der Waals surface area contributed by atoms with Gasteiger partial charge in [-0.25, -0.2) is 14.5 Å². The number of carbonyl (C=O) groups is 2. The molecule has 0 aromatic carbocycles. The first-order valence-corrected chi connectivity index (χ1v) is 8.75. The molecule has 1 aliphatic rings. The Labute approximate surface area is 147 Å². The van der Waals surface area contributed by atoms with E-state index in [1.165, 1.54) is 23.1 Å². The van der Waals surface area contributed by atoms with Crippen LogP contribution in [0.25, 0.3) is 0 Å².